The minimum atomic E-state index is -0.986. The fraction of sp³-hybridized carbons (Fsp3) is 0.462. The van der Waals surface area contributed by atoms with Gasteiger partial charge in [0.25, 0.3) is 0 Å². The number of aliphatic hydroxyl groups excluding tert-OH is 1. The first-order chi connectivity index (χ1) is 9.08. The predicted molar refractivity (Wildman–Crippen MR) is 65.4 cm³/mol. The average molecular weight is 270 g/mol. The Labute approximate surface area is 109 Å². The number of β-amino-alcohol motifs (C(OH)–C–C–N with tert-alkyl or cyclic N) is 1. The first-order valence-corrected chi connectivity index (χ1v) is 6.16. The van der Waals surface area contributed by atoms with Gasteiger partial charge in [-0.25, -0.2) is 8.78 Å². The van der Waals surface area contributed by atoms with Gasteiger partial charge in [0.05, 0.1) is 12.5 Å². The Hall–Kier alpha value is -1.53. The summed E-state index contributed by atoms with van der Waals surface area (Å²) in [5, 5.41) is 15.2. The molecule has 1 aliphatic heterocycles. The summed E-state index contributed by atoms with van der Waals surface area (Å²) < 4.78 is 26.3. The number of hydrogen-bond donors (Lipinski definition) is 3. The molecule has 1 saturated heterocycles. The molecular weight excluding hydrogens is 254 g/mol. The van der Waals surface area contributed by atoms with Crippen LogP contribution in [0.2, 0.25) is 0 Å². The maximum Gasteiger partial charge on any atom is 0.224 e. The molecule has 3 N–H and O–H groups in total. The molecule has 19 heavy (non-hydrogen) atoms. The standard InChI is InChI=1S/C13H16F2N2O2/c14-10-3-1-2-8(13(10)15)4-12(19)17-6-9-5-16-7-11(9)18/h1-3,9,11,16,18H,4-7H2,(H,17,19). The maximum absolute atomic E-state index is 13.4. The van der Waals surface area contributed by atoms with E-state index in [1.165, 1.54) is 12.1 Å². The molecule has 0 radical (unpaired) electrons. The summed E-state index contributed by atoms with van der Waals surface area (Å²) in [6, 6.07) is 3.76. The Balaban J connectivity index is 1.85. The van der Waals surface area contributed by atoms with E-state index in [1.54, 1.807) is 0 Å². The van der Waals surface area contributed by atoms with E-state index in [2.05, 4.69) is 10.6 Å². The lowest BCUT2D eigenvalue weighted by atomic mass is 10.1. The molecule has 1 aromatic carbocycles. The van der Waals surface area contributed by atoms with Crippen LogP contribution in [0, 0.1) is 17.6 Å². The normalized spacial score (nSPS) is 22.5. The van der Waals surface area contributed by atoms with Gasteiger partial charge in [0, 0.05) is 31.1 Å². The van der Waals surface area contributed by atoms with Crippen molar-refractivity contribution in [1.82, 2.24) is 10.6 Å². The minimum absolute atomic E-state index is 0.0302. The highest BCUT2D eigenvalue weighted by Crippen LogP contribution is 2.12. The Kier molecular flexibility index (Phi) is 4.44. The second kappa shape index (κ2) is 6.08. The molecule has 1 aromatic rings. The van der Waals surface area contributed by atoms with E-state index in [-0.39, 0.29) is 23.8 Å². The summed E-state index contributed by atoms with van der Waals surface area (Å²) in [6.07, 6.45) is -0.689. The number of carbonyl (C=O) groups is 1. The van der Waals surface area contributed by atoms with Gasteiger partial charge in [-0.05, 0) is 6.07 Å². The molecular formula is C13H16F2N2O2. The van der Waals surface area contributed by atoms with Crippen LogP contribution in [-0.2, 0) is 11.2 Å². The monoisotopic (exact) mass is 270 g/mol. The van der Waals surface area contributed by atoms with Crippen LogP contribution in [0.1, 0.15) is 5.56 Å². The molecule has 0 saturated carbocycles. The summed E-state index contributed by atoms with van der Waals surface area (Å²) in [7, 11) is 0. The van der Waals surface area contributed by atoms with Gasteiger partial charge in [-0.3, -0.25) is 4.79 Å². The third-order valence-corrected chi connectivity index (χ3v) is 3.25. The highest BCUT2D eigenvalue weighted by molar-refractivity contribution is 5.78. The summed E-state index contributed by atoms with van der Waals surface area (Å²) in [6.45, 7) is 1.47. The summed E-state index contributed by atoms with van der Waals surface area (Å²) in [5.74, 6) is -2.37. The van der Waals surface area contributed by atoms with Gasteiger partial charge >= 0.3 is 0 Å². The van der Waals surface area contributed by atoms with Crippen molar-refractivity contribution in [2.24, 2.45) is 5.92 Å². The predicted octanol–water partition coefficient (Wildman–Crippen LogP) is 0.204. The van der Waals surface area contributed by atoms with Crippen LogP contribution in [-0.4, -0.2) is 36.8 Å². The van der Waals surface area contributed by atoms with E-state index in [0.29, 0.717) is 19.6 Å². The van der Waals surface area contributed by atoms with Gasteiger partial charge in [0.2, 0.25) is 5.91 Å². The van der Waals surface area contributed by atoms with E-state index >= 15 is 0 Å². The van der Waals surface area contributed by atoms with Crippen molar-refractivity contribution in [1.29, 1.82) is 0 Å². The van der Waals surface area contributed by atoms with Gasteiger partial charge < -0.3 is 15.7 Å². The molecule has 1 heterocycles. The second-order valence-corrected chi connectivity index (χ2v) is 4.68. The van der Waals surface area contributed by atoms with Crippen molar-refractivity contribution in [2.45, 2.75) is 12.5 Å². The van der Waals surface area contributed by atoms with E-state index in [1.807, 2.05) is 0 Å². The molecule has 1 aliphatic rings. The first-order valence-electron chi connectivity index (χ1n) is 6.16. The van der Waals surface area contributed by atoms with Gasteiger partial charge in [0.15, 0.2) is 11.6 Å². The lowest BCUT2D eigenvalue weighted by molar-refractivity contribution is -0.120. The van der Waals surface area contributed by atoms with Crippen molar-refractivity contribution in [2.75, 3.05) is 19.6 Å². The number of halogens is 2. The van der Waals surface area contributed by atoms with Crippen LogP contribution in [0.3, 0.4) is 0 Å². The minimum Gasteiger partial charge on any atom is -0.391 e. The molecule has 0 aromatic heterocycles. The Morgan fingerprint density at radius 1 is 1.42 bits per heavy atom. The molecule has 0 spiro atoms. The fourth-order valence-electron chi connectivity index (χ4n) is 2.09. The Morgan fingerprint density at radius 3 is 2.89 bits per heavy atom. The topological polar surface area (TPSA) is 61.4 Å². The third-order valence-electron chi connectivity index (χ3n) is 3.25. The molecule has 2 rings (SSSR count). The van der Waals surface area contributed by atoms with Crippen molar-refractivity contribution in [3.8, 4) is 0 Å². The highest BCUT2D eigenvalue weighted by Gasteiger charge is 2.25. The maximum atomic E-state index is 13.4. The van der Waals surface area contributed by atoms with Gasteiger partial charge in [-0.1, -0.05) is 12.1 Å². The number of amides is 1. The number of rotatable bonds is 4. The number of aliphatic hydroxyl groups is 1. The van der Waals surface area contributed by atoms with Crippen molar-refractivity contribution >= 4 is 5.91 Å². The third kappa shape index (κ3) is 3.48. The molecule has 0 aliphatic carbocycles. The van der Waals surface area contributed by atoms with E-state index in [9.17, 15) is 18.7 Å². The molecule has 1 fully saturated rings. The van der Waals surface area contributed by atoms with Crippen molar-refractivity contribution in [3.63, 3.8) is 0 Å². The summed E-state index contributed by atoms with van der Waals surface area (Å²) in [5.41, 5.74) is 0.0302. The first kappa shape index (κ1) is 13.9. The zero-order valence-corrected chi connectivity index (χ0v) is 10.3. The van der Waals surface area contributed by atoms with Crippen LogP contribution in [0.4, 0.5) is 8.78 Å². The molecule has 0 bridgehead atoms. The molecule has 6 heteroatoms. The fourth-order valence-corrected chi connectivity index (χ4v) is 2.09. The van der Waals surface area contributed by atoms with Crippen LogP contribution >= 0.6 is 0 Å². The smallest absolute Gasteiger partial charge is 0.224 e. The Morgan fingerprint density at radius 2 is 2.21 bits per heavy atom. The second-order valence-electron chi connectivity index (χ2n) is 4.68. The number of hydrogen-bond acceptors (Lipinski definition) is 3. The molecule has 2 unspecified atom stereocenters. The number of nitrogens with one attached hydrogen (secondary N) is 2. The van der Waals surface area contributed by atoms with E-state index < -0.39 is 17.7 Å². The van der Waals surface area contributed by atoms with Crippen molar-refractivity contribution in [3.05, 3.63) is 35.4 Å². The van der Waals surface area contributed by atoms with Crippen LogP contribution in [0.5, 0.6) is 0 Å². The Bertz CT molecular complexity index is 468. The van der Waals surface area contributed by atoms with Gasteiger partial charge in [-0.15, -0.1) is 0 Å². The number of benzene rings is 1. The number of carbonyl (C=O) groups excluding carboxylic acids is 1. The lowest BCUT2D eigenvalue weighted by Gasteiger charge is -2.14. The summed E-state index contributed by atoms with van der Waals surface area (Å²) >= 11 is 0. The zero-order chi connectivity index (χ0) is 13.8. The molecule has 2 atom stereocenters. The molecule has 1 amide bonds. The van der Waals surface area contributed by atoms with Crippen LogP contribution in [0.15, 0.2) is 18.2 Å². The molecule has 4 nitrogen and oxygen atoms in total. The van der Waals surface area contributed by atoms with Crippen LogP contribution < -0.4 is 10.6 Å². The zero-order valence-electron chi connectivity index (χ0n) is 10.3. The SMILES string of the molecule is O=C(Cc1cccc(F)c1F)NCC1CNCC1O. The lowest BCUT2D eigenvalue weighted by Crippen LogP contribution is -2.35. The largest absolute Gasteiger partial charge is 0.391 e. The average Bonchev–Trinajstić information content (AvgIpc) is 2.78. The highest BCUT2D eigenvalue weighted by atomic mass is 19.2. The summed E-state index contributed by atoms with van der Waals surface area (Å²) in [4.78, 5) is 11.6. The van der Waals surface area contributed by atoms with E-state index in [0.717, 1.165) is 6.07 Å². The van der Waals surface area contributed by atoms with Crippen LogP contribution in [0.25, 0.3) is 0 Å². The van der Waals surface area contributed by atoms with Gasteiger partial charge in [0.1, 0.15) is 0 Å². The van der Waals surface area contributed by atoms with Crippen molar-refractivity contribution < 1.29 is 18.7 Å². The van der Waals surface area contributed by atoms with E-state index in [4.69, 9.17) is 0 Å². The quantitative estimate of drug-likeness (QED) is 0.732. The van der Waals surface area contributed by atoms with Gasteiger partial charge in [-0.2, -0.15) is 0 Å². The molecule has 104 valence electrons.